The summed E-state index contributed by atoms with van der Waals surface area (Å²) in [5, 5.41) is 0. The van der Waals surface area contributed by atoms with Crippen molar-refractivity contribution in [1.82, 2.24) is 9.29 Å². The lowest BCUT2D eigenvalue weighted by Gasteiger charge is -2.13. The van der Waals surface area contributed by atoms with Gasteiger partial charge in [0.1, 0.15) is 0 Å². The van der Waals surface area contributed by atoms with Crippen molar-refractivity contribution in [2.45, 2.75) is 38.8 Å². The molecule has 0 radical (unpaired) electrons. The Kier molecular flexibility index (Phi) is 5.30. The van der Waals surface area contributed by atoms with Gasteiger partial charge in [-0.1, -0.05) is 41.5 Å². The first-order chi connectivity index (χ1) is 12.3. The molecule has 0 amide bonds. The first-order valence-electron chi connectivity index (χ1n) is 8.62. The Balaban J connectivity index is 1.75. The zero-order chi connectivity index (χ0) is 18.7. The fraction of sp³-hybridized carbons (Fsp3) is 0.238. The molecule has 2 aromatic carbocycles. The highest BCUT2D eigenvalue weighted by atomic mass is 32.2. The maximum Gasteiger partial charge on any atom is 0.240 e. The van der Waals surface area contributed by atoms with Gasteiger partial charge in [-0.2, -0.15) is 0 Å². The van der Waals surface area contributed by atoms with Gasteiger partial charge in [-0.15, -0.1) is 0 Å². The average molecular weight is 369 g/mol. The van der Waals surface area contributed by atoms with Crippen molar-refractivity contribution < 1.29 is 8.42 Å². The van der Waals surface area contributed by atoms with Gasteiger partial charge in [0.15, 0.2) is 0 Å². The molecular formula is C21H24N2O2S. The maximum atomic E-state index is 12.5. The second-order valence-electron chi connectivity index (χ2n) is 6.69. The molecular weight excluding hydrogens is 344 g/mol. The van der Waals surface area contributed by atoms with Crippen molar-refractivity contribution in [3.05, 3.63) is 88.7 Å². The summed E-state index contributed by atoms with van der Waals surface area (Å²) in [4.78, 5) is 0.288. The van der Waals surface area contributed by atoms with Gasteiger partial charge < -0.3 is 4.57 Å². The molecule has 0 spiro atoms. The van der Waals surface area contributed by atoms with E-state index in [0.717, 1.165) is 17.8 Å². The summed E-state index contributed by atoms with van der Waals surface area (Å²) in [6.45, 7) is 7.09. The van der Waals surface area contributed by atoms with Crippen LogP contribution in [0.2, 0.25) is 0 Å². The predicted molar refractivity (Wildman–Crippen MR) is 105 cm³/mol. The fourth-order valence-corrected chi connectivity index (χ4v) is 3.89. The van der Waals surface area contributed by atoms with Gasteiger partial charge in [-0.3, -0.25) is 0 Å². The fourth-order valence-electron chi connectivity index (χ4n) is 2.89. The molecule has 0 saturated heterocycles. The van der Waals surface area contributed by atoms with Crippen LogP contribution in [0.4, 0.5) is 0 Å². The molecule has 1 aromatic heterocycles. The normalized spacial score (nSPS) is 11.7. The third kappa shape index (κ3) is 4.23. The summed E-state index contributed by atoms with van der Waals surface area (Å²) < 4.78 is 29.8. The molecule has 1 N–H and O–H groups in total. The van der Waals surface area contributed by atoms with E-state index in [0.29, 0.717) is 0 Å². The SMILES string of the molecule is Cc1ccc(S(=O)(=O)NCc2cccn2Cc2cc(C)ccc2C)cc1. The van der Waals surface area contributed by atoms with Gasteiger partial charge >= 0.3 is 0 Å². The van der Waals surface area contributed by atoms with E-state index in [1.54, 1.807) is 24.3 Å². The van der Waals surface area contributed by atoms with Crippen molar-refractivity contribution in [2.75, 3.05) is 0 Å². The summed E-state index contributed by atoms with van der Waals surface area (Å²) in [7, 11) is -3.52. The lowest BCUT2D eigenvalue weighted by molar-refractivity contribution is 0.578. The average Bonchev–Trinajstić information content (AvgIpc) is 3.04. The molecule has 0 aliphatic heterocycles. The summed E-state index contributed by atoms with van der Waals surface area (Å²) in [6, 6.07) is 17.2. The molecule has 0 unspecified atom stereocenters. The molecule has 3 rings (SSSR count). The Bertz CT molecular complexity index is 1000. The molecule has 0 bridgehead atoms. The van der Waals surface area contributed by atoms with Crippen LogP contribution in [-0.4, -0.2) is 13.0 Å². The quantitative estimate of drug-likeness (QED) is 0.716. The van der Waals surface area contributed by atoms with Crippen LogP contribution in [0.25, 0.3) is 0 Å². The Hall–Kier alpha value is -2.37. The maximum absolute atomic E-state index is 12.5. The van der Waals surface area contributed by atoms with Crippen LogP contribution >= 0.6 is 0 Å². The Morgan fingerprint density at radius 1 is 0.923 bits per heavy atom. The summed E-state index contributed by atoms with van der Waals surface area (Å²) in [5.41, 5.74) is 5.66. The first-order valence-corrected chi connectivity index (χ1v) is 10.1. The third-order valence-corrected chi connectivity index (χ3v) is 5.96. The van der Waals surface area contributed by atoms with Crippen LogP contribution in [0.5, 0.6) is 0 Å². The van der Waals surface area contributed by atoms with E-state index in [2.05, 4.69) is 41.3 Å². The van der Waals surface area contributed by atoms with Crippen molar-refractivity contribution in [3.8, 4) is 0 Å². The molecule has 0 saturated carbocycles. The van der Waals surface area contributed by atoms with Crippen molar-refractivity contribution in [3.63, 3.8) is 0 Å². The number of aryl methyl sites for hydroxylation is 3. The van der Waals surface area contributed by atoms with Gasteiger partial charge in [0.2, 0.25) is 10.0 Å². The highest BCUT2D eigenvalue weighted by Crippen LogP contribution is 2.15. The van der Waals surface area contributed by atoms with Crippen molar-refractivity contribution in [2.24, 2.45) is 0 Å². The lowest BCUT2D eigenvalue weighted by atomic mass is 10.1. The predicted octanol–water partition coefficient (Wildman–Crippen LogP) is 3.94. The topological polar surface area (TPSA) is 51.1 Å². The van der Waals surface area contributed by atoms with Gasteiger partial charge in [0, 0.05) is 18.4 Å². The molecule has 4 nitrogen and oxygen atoms in total. The zero-order valence-corrected chi connectivity index (χ0v) is 16.2. The molecule has 0 aliphatic carbocycles. The van der Waals surface area contributed by atoms with Gasteiger partial charge in [-0.05, 0) is 56.2 Å². The summed E-state index contributed by atoms with van der Waals surface area (Å²) in [6.07, 6.45) is 1.98. The largest absolute Gasteiger partial charge is 0.346 e. The van der Waals surface area contributed by atoms with E-state index in [-0.39, 0.29) is 11.4 Å². The standard InChI is InChI=1S/C21H24N2O2S/c1-16-7-10-21(11-8-16)26(24,25)22-14-20-5-4-12-23(20)15-19-13-17(2)6-9-18(19)3/h4-13,22H,14-15H2,1-3H3. The van der Waals surface area contributed by atoms with E-state index < -0.39 is 10.0 Å². The number of aromatic nitrogens is 1. The minimum atomic E-state index is -3.52. The number of rotatable bonds is 6. The van der Waals surface area contributed by atoms with E-state index in [9.17, 15) is 8.42 Å². The van der Waals surface area contributed by atoms with Crippen LogP contribution in [-0.2, 0) is 23.1 Å². The molecule has 0 fully saturated rings. The smallest absolute Gasteiger partial charge is 0.240 e. The Morgan fingerprint density at radius 2 is 1.62 bits per heavy atom. The van der Waals surface area contributed by atoms with Gasteiger partial charge in [-0.25, -0.2) is 13.1 Å². The second kappa shape index (κ2) is 7.48. The molecule has 0 atom stereocenters. The highest BCUT2D eigenvalue weighted by Gasteiger charge is 2.14. The highest BCUT2D eigenvalue weighted by molar-refractivity contribution is 7.89. The molecule has 3 aromatic rings. The Labute approximate surface area is 155 Å². The number of benzene rings is 2. The van der Waals surface area contributed by atoms with Gasteiger partial charge in [0.05, 0.1) is 11.4 Å². The van der Waals surface area contributed by atoms with Crippen molar-refractivity contribution >= 4 is 10.0 Å². The van der Waals surface area contributed by atoms with E-state index in [1.165, 1.54) is 16.7 Å². The van der Waals surface area contributed by atoms with E-state index in [4.69, 9.17) is 0 Å². The number of sulfonamides is 1. The minimum absolute atomic E-state index is 0.258. The van der Waals surface area contributed by atoms with E-state index >= 15 is 0 Å². The summed E-state index contributed by atoms with van der Waals surface area (Å²) >= 11 is 0. The van der Waals surface area contributed by atoms with Crippen LogP contribution in [0.1, 0.15) is 27.9 Å². The first kappa shape index (κ1) is 18.4. The third-order valence-electron chi connectivity index (χ3n) is 4.54. The Morgan fingerprint density at radius 3 is 2.35 bits per heavy atom. The molecule has 5 heteroatoms. The van der Waals surface area contributed by atoms with Crippen LogP contribution in [0, 0.1) is 20.8 Å². The van der Waals surface area contributed by atoms with Gasteiger partial charge in [0.25, 0.3) is 0 Å². The molecule has 0 aliphatic rings. The molecule has 26 heavy (non-hydrogen) atoms. The van der Waals surface area contributed by atoms with Crippen LogP contribution < -0.4 is 4.72 Å². The van der Waals surface area contributed by atoms with Crippen LogP contribution in [0.3, 0.4) is 0 Å². The zero-order valence-electron chi connectivity index (χ0n) is 15.4. The number of hydrogen-bond donors (Lipinski definition) is 1. The second-order valence-corrected chi connectivity index (χ2v) is 8.46. The monoisotopic (exact) mass is 368 g/mol. The number of nitrogens with one attached hydrogen (secondary N) is 1. The molecule has 136 valence electrons. The minimum Gasteiger partial charge on any atom is -0.346 e. The lowest BCUT2D eigenvalue weighted by Crippen LogP contribution is -2.24. The van der Waals surface area contributed by atoms with Crippen molar-refractivity contribution in [1.29, 1.82) is 0 Å². The van der Waals surface area contributed by atoms with E-state index in [1.807, 2.05) is 25.3 Å². The summed E-state index contributed by atoms with van der Waals surface area (Å²) in [5.74, 6) is 0. The number of nitrogens with zero attached hydrogens (tertiary/aromatic N) is 1. The molecule has 1 heterocycles. The number of hydrogen-bond acceptors (Lipinski definition) is 2. The van der Waals surface area contributed by atoms with Crippen LogP contribution in [0.15, 0.2) is 65.7 Å².